The van der Waals surface area contributed by atoms with Gasteiger partial charge in [-0.1, -0.05) is 17.7 Å². The van der Waals surface area contributed by atoms with Crippen molar-refractivity contribution in [2.45, 2.75) is 39.7 Å². The van der Waals surface area contributed by atoms with Crippen LogP contribution in [0.4, 0.5) is 5.69 Å². The molecule has 0 aliphatic carbocycles. The van der Waals surface area contributed by atoms with Gasteiger partial charge in [0.1, 0.15) is 6.10 Å². The van der Waals surface area contributed by atoms with Gasteiger partial charge in [-0.3, -0.25) is 9.69 Å². The van der Waals surface area contributed by atoms with Crippen LogP contribution in [-0.4, -0.2) is 49.7 Å². The number of nitrogens with zero attached hydrogens (tertiary/aromatic N) is 2. The van der Waals surface area contributed by atoms with Crippen LogP contribution >= 0.6 is 0 Å². The summed E-state index contributed by atoms with van der Waals surface area (Å²) < 4.78 is 5.49. The van der Waals surface area contributed by atoms with Gasteiger partial charge in [-0.15, -0.1) is 0 Å². The molecule has 0 aromatic heterocycles. The number of ether oxygens (including phenoxy) is 1. The van der Waals surface area contributed by atoms with Crippen molar-refractivity contribution in [3.8, 4) is 0 Å². The number of aryl methyl sites for hydroxylation is 1. The molecule has 1 aromatic rings. The second-order valence-corrected chi connectivity index (χ2v) is 7.57. The van der Waals surface area contributed by atoms with Crippen LogP contribution in [0.5, 0.6) is 0 Å². The zero-order valence-corrected chi connectivity index (χ0v) is 14.5. The quantitative estimate of drug-likeness (QED) is 0.800. The van der Waals surface area contributed by atoms with E-state index in [2.05, 4.69) is 41.0 Å². The number of hydrogen-bond donors (Lipinski definition) is 0. The Kier molecular flexibility index (Phi) is 4.62. The zero-order valence-electron chi connectivity index (χ0n) is 14.5. The summed E-state index contributed by atoms with van der Waals surface area (Å²) in [6, 6.07) is 8.78. The lowest BCUT2D eigenvalue weighted by Gasteiger charge is -2.36. The topological polar surface area (TPSA) is 32.8 Å². The first-order valence-corrected chi connectivity index (χ1v) is 8.69. The molecule has 0 radical (unpaired) electrons. The Morgan fingerprint density at radius 1 is 1.13 bits per heavy atom. The standard InChI is InChI=1S/C19H28N2O2/c1-15-4-6-16(7-5-15)21-12-10-20(11-13-21)9-8-17-14-19(2,3)18(22)23-17/h4-7,17H,8-14H2,1-3H3/t17-/m0/s1. The fraction of sp³-hybridized carbons (Fsp3) is 0.632. The van der Waals surface area contributed by atoms with E-state index < -0.39 is 0 Å². The molecule has 0 unspecified atom stereocenters. The predicted molar refractivity (Wildman–Crippen MR) is 92.7 cm³/mol. The molecule has 4 nitrogen and oxygen atoms in total. The van der Waals surface area contributed by atoms with E-state index in [1.165, 1.54) is 11.3 Å². The van der Waals surface area contributed by atoms with Crippen molar-refractivity contribution in [3.05, 3.63) is 29.8 Å². The number of cyclic esters (lactones) is 1. The highest BCUT2D eigenvalue weighted by Gasteiger charge is 2.41. The van der Waals surface area contributed by atoms with Crippen LogP contribution < -0.4 is 4.90 Å². The third kappa shape index (κ3) is 3.86. The van der Waals surface area contributed by atoms with E-state index in [1.54, 1.807) is 0 Å². The smallest absolute Gasteiger partial charge is 0.311 e. The van der Waals surface area contributed by atoms with Crippen molar-refractivity contribution in [2.24, 2.45) is 5.41 Å². The maximum atomic E-state index is 11.7. The van der Waals surface area contributed by atoms with Crippen LogP contribution in [0.2, 0.25) is 0 Å². The molecular formula is C19H28N2O2. The molecule has 2 fully saturated rings. The highest BCUT2D eigenvalue weighted by Crippen LogP contribution is 2.34. The molecule has 23 heavy (non-hydrogen) atoms. The molecule has 2 saturated heterocycles. The Bertz CT molecular complexity index is 545. The largest absolute Gasteiger partial charge is 0.462 e. The van der Waals surface area contributed by atoms with Gasteiger partial charge in [0.15, 0.2) is 0 Å². The lowest BCUT2D eigenvalue weighted by molar-refractivity contribution is -0.147. The van der Waals surface area contributed by atoms with Crippen molar-refractivity contribution >= 4 is 11.7 Å². The van der Waals surface area contributed by atoms with Crippen LogP contribution in [0.15, 0.2) is 24.3 Å². The molecule has 4 heteroatoms. The van der Waals surface area contributed by atoms with E-state index in [-0.39, 0.29) is 17.5 Å². The molecule has 1 aromatic carbocycles. The Morgan fingerprint density at radius 2 is 1.78 bits per heavy atom. The van der Waals surface area contributed by atoms with E-state index >= 15 is 0 Å². The third-order valence-corrected chi connectivity index (χ3v) is 5.10. The van der Waals surface area contributed by atoms with E-state index in [4.69, 9.17) is 4.74 Å². The van der Waals surface area contributed by atoms with Crippen molar-refractivity contribution in [1.82, 2.24) is 4.90 Å². The van der Waals surface area contributed by atoms with Crippen molar-refractivity contribution in [1.29, 1.82) is 0 Å². The van der Waals surface area contributed by atoms with Crippen LogP contribution in [0.3, 0.4) is 0 Å². The number of piperazine rings is 1. The van der Waals surface area contributed by atoms with Crippen LogP contribution in [0.1, 0.15) is 32.3 Å². The Hall–Kier alpha value is -1.55. The Morgan fingerprint density at radius 3 is 2.35 bits per heavy atom. The first kappa shape index (κ1) is 16.3. The van der Waals surface area contributed by atoms with Gasteiger partial charge < -0.3 is 9.64 Å². The fourth-order valence-electron chi connectivity index (χ4n) is 3.48. The Balaban J connectivity index is 1.43. The molecule has 0 saturated carbocycles. The first-order chi connectivity index (χ1) is 10.9. The molecule has 3 rings (SSSR count). The SMILES string of the molecule is Cc1ccc(N2CCN(CC[C@H]3CC(C)(C)C(=O)O3)CC2)cc1. The van der Waals surface area contributed by atoms with Gasteiger partial charge in [0.05, 0.1) is 5.41 Å². The van der Waals surface area contributed by atoms with Crippen molar-refractivity contribution in [2.75, 3.05) is 37.6 Å². The maximum Gasteiger partial charge on any atom is 0.311 e. The van der Waals surface area contributed by atoms with Gasteiger partial charge in [0.2, 0.25) is 0 Å². The second-order valence-electron chi connectivity index (χ2n) is 7.57. The summed E-state index contributed by atoms with van der Waals surface area (Å²) in [5.74, 6) is -0.0355. The number of hydrogen-bond acceptors (Lipinski definition) is 4. The second kappa shape index (κ2) is 6.52. The molecule has 2 aliphatic heterocycles. The maximum absolute atomic E-state index is 11.7. The molecule has 0 N–H and O–H groups in total. The highest BCUT2D eigenvalue weighted by molar-refractivity contribution is 5.78. The number of carbonyl (C=O) groups excluding carboxylic acids is 1. The molecule has 0 spiro atoms. The summed E-state index contributed by atoms with van der Waals surface area (Å²) in [6.07, 6.45) is 1.92. The first-order valence-electron chi connectivity index (χ1n) is 8.69. The van der Waals surface area contributed by atoms with Crippen LogP contribution in [-0.2, 0) is 9.53 Å². The predicted octanol–water partition coefficient (Wildman–Crippen LogP) is 2.85. The van der Waals surface area contributed by atoms with E-state index in [0.29, 0.717) is 0 Å². The van der Waals surface area contributed by atoms with E-state index in [1.807, 2.05) is 13.8 Å². The normalized spacial score (nSPS) is 24.7. The molecular weight excluding hydrogens is 288 g/mol. The zero-order chi connectivity index (χ0) is 16.4. The minimum Gasteiger partial charge on any atom is -0.462 e. The number of esters is 1. The van der Waals surface area contributed by atoms with E-state index in [9.17, 15) is 4.79 Å². The summed E-state index contributed by atoms with van der Waals surface area (Å²) >= 11 is 0. The van der Waals surface area contributed by atoms with Crippen LogP contribution in [0.25, 0.3) is 0 Å². The van der Waals surface area contributed by atoms with Crippen molar-refractivity contribution in [3.63, 3.8) is 0 Å². The van der Waals surface area contributed by atoms with Crippen LogP contribution in [0, 0.1) is 12.3 Å². The average molecular weight is 316 g/mol. The van der Waals surface area contributed by atoms with Crippen molar-refractivity contribution < 1.29 is 9.53 Å². The molecule has 0 bridgehead atoms. The number of rotatable bonds is 4. The molecule has 2 heterocycles. The Labute approximate surface area is 139 Å². The van der Waals surface area contributed by atoms with Gasteiger partial charge >= 0.3 is 5.97 Å². The minimum atomic E-state index is -0.297. The van der Waals surface area contributed by atoms with E-state index in [0.717, 1.165) is 45.6 Å². The summed E-state index contributed by atoms with van der Waals surface area (Å²) in [6.45, 7) is 11.4. The minimum absolute atomic E-state index is 0.0355. The highest BCUT2D eigenvalue weighted by atomic mass is 16.6. The summed E-state index contributed by atoms with van der Waals surface area (Å²) in [7, 11) is 0. The molecule has 126 valence electrons. The third-order valence-electron chi connectivity index (χ3n) is 5.10. The van der Waals surface area contributed by atoms with Gasteiger partial charge in [0.25, 0.3) is 0 Å². The van der Waals surface area contributed by atoms with Gasteiger partial charge in [-0.25, -0.2) is 0 Å². The summed E-state index contributed by atoms with van der Waals surface area (Å²) in [5, 5.41) is 0. The number of carbonyl (C=O) groups is 1. The lowest BCUT2D eigenvalue weighted by Crippen LogP contribution is -2.47. The van der Waals surface area contributed by atoms with Gasteiger partial charge in [-0.2, -0.15) is 0 Å². The summed E-state index contributed by atoms with van der Waals surface area (Å²) in [4.78, 5) is 16.7. The fourth-order valence-corrected chi connectivity index (χ4v) is 3.48. The monoisotopic (exact) mass is 316 g/mol. The van der Waals surface area contributed by atoms with Gasteiger partial charge in [-0.05, 0) is 45.7 Å². The molecule has 1 atom stereocenters. The summed E-state index contributed by atoms with van der Waals surface area (Å²) in [5.41, 5.74) is 2.33. The molecule has 2 aliphatic rings. The molecule has 0 amide bonds. The number of anilines is 1. The lowest BCUT2D eigenvalue weighted by atomic mass is 9.89. The van der Waals surface area contributed by atoms with Gasteiger partial charge in [0, 0.05) is 38.4 Å². The number of benzene rings is 1. The average Bonchev–Trinajstić information content (AvgIpc) is 2.79.